The second-order valence-corrected chi connectivity index (χ2v) is 22.8. The van der Waals surface area contributed by atoms with Crippen LogP contribution in [0, 0.1) is 27.7 Å². The molecule has 5 aliphatic rings. The summed E-state index contributed by atoms with van der Waals surface area (Å²) in [6, 6.07) is 21.8. The highest BCUT2D eigenvalue weighted by molar-refractivity contribution is 6.73. The van der Waals surface area contributed by atoms with Crippen LogP contribution in [0.1, 0.15) is 136 Å². The highest BCUT2D eigenvalue weighted by atomic mass is 28.4. The van der Waals surface area contributed by atoms with Crippen LogP contribution < -0.4 is 20.0 Å². The number of benzene rings is 4. The molecule has 56 heavy (non-hydrogen) atoms. The van der Waals surface area contributed by atoms with Crippen LogP contribution >= 0.6 is 0 Å². The minimum atomic E-state index is -2.47. The fourth-order valence-electron chi connectivity index (χ4n) is 11.9. The molecule has 0 amide bonds. The minimum absolute atomic E-state index is 0.0492. The van der Waals surface area contributed by atoms with Gasteiger partial charge in [-0.25, -0.2) is 9.98 Å². The van der Waals surface area contributed by atoms with Gasteiger partial charge in [0.25, 0.3) is 11.1 Å². The first-order chi connectivity index (χ1) is 26.8. The summed E-state index contributed by atoms with van der Waals surface area (Å²) < 4.78 is 28.5. The van der Waals surface area contributed by atoms with E-state index in [0.717, 1.165) is 58.0 Å². The van der Waals surface area contributed by atoms with Crippen molar-refractivity contribution in [3.05, 3.63) is 116 Å². The molecule has 1 aliphatic heterocycles. The second kappa shape index (κ2) is 12.6. The third kappa shape index (κ3) is 5.39. The van der Waals surface area contributed by atoms with E-state index in [9.17, 15) is 0 Å². The fourth-order valence-corrected chi connectivity index (χ4v) is 16.7. The lowest BCUT2D eigenvalue weighted by atomic mass is 9.72. The molecular weight excluding hydrogens is 709 g/mol. The third-order valence-corrected chi connectivity index (χ3v) is 18.9. The lowest BCUT2D eigenvalue weighted by Gasteiger charge is -2.34. The number of hydrogen-bond acceptors (Lipinski definition) is 6. The number of aryl methyl sites for hydroxylation is 4. The number of para-hydroxylation sites is 2. The maximum absolute atomic E-state index is 7.40. The van der Waals surface area contributed by atoms with Gasteiger partial charge in [-0.05, 0) is 146 Å². The average molecular weight is 765 g/mol. The molecule has 1 aromatic heterocycles. The number of hydrogen-bond donors (Lipinski definition) is 0. The third-order valence-electron chi connectivity index (χ3n) is 14.4. The van der Waals surface area contributed by atoms with E-state index in [1.165, 1.54) is 73.6 Å². The molecule has 4 aromatic carbocycles. The van der Waals surface area contributed by atoms with Crippen LogP contribution in [0.3, 0.4) is 0 Å². The summed E-state index contributed by atoms with van der Waals surface area (Å²) in [6.07, 6.45) is 12.2. The Kier molecular flexibility index (Phi) is 8.08. The number of nitrogens with zero attached hydrogens (tertiary/aromatic N) is 2. The Balaban J connectivity index is 1.17. The maximum atomic E-state index is 7.40. The molecule has 0 unspecified atom stereocenters. The molecule has 0 N–H and O–H groups in total. The second-order valence-electron chi connectivity index (χ2n) is 19.3. The smallest absolute Gasteiger partial charge is 0.467 e. The van der Waals surface area contributed by atoms with E-state index in [2.05, 4.69) is 116 Å². The Morgan fingerprint density at radius 1 is 0.536 bits per heavy atom. The van der Waals surface area contributed by atoms with Crippen LogP contribution in [0.4, 0.5) is 11.4 Å². The Labute approximate surface area is 332 Å². The van der Waals surface area contributed by atoms with Gasteiger partial charge in [0.2, 0.25) is 0 Å². The van der Waals surface area contributed by atoms with Gasteiger partial charge in [-0.15, -0.1) is 0 Å². The maximum Gasteiger partial charge on any atom is 0.467 e. The van der Waals surface area contributed by atoms with Crippen LogP contribution in [0.15, 0.2) is 79.5 Å². The van der Waals surface area contributed by atoms with Crippen LogP contribution in [-0.2, 0) is 16.2 Å². The van der Waals surface area contributed by atoms with Crippen LogP contribution in [0.25, 0.3) is 11.2 Å². The van der Waals surface area contributed by atoms with Crippen LogP contribution in [0.5, 0.6) is 11.5 Å². The van der Waals surface area contributed by atoms with Gasteiger partial charge in [0.1, 0.15) is 11.5 Å². The Bertz CT molecular complexity index is 2530. The summed E-state index contributed by atoms with van der Waals surface area (Å²) in [7, 11) is -2.47. The van der Waals surface area contributed by atoms with Gasteiger partial charge >= 0.3 is 8.56 Å². The molecule has 1 atom stereocenters. The quantitative estimate of drug-likeness (QED) is 0.171. The predicted molar refractivity (Wildman–Crippen MR) is 225 cm³/mol. The summed E-state index contributed by atoms with van der Waals surface area (Å²) in [6.45, 7) is 18.0. The first-order valence-corrected chi connectivity index (χ1v) is 23.2. The van der Waals surface area contributed by atoms with Crippen molar-refractivity contribution in [2.45, 2.75) is 147 Å². The summed E-state index contributed by atoms with van der Waals surface area (Å²) in [5.41, 5.74) is 14.4. The molecule has 5 aromatic rings. The molecule has 0 saturated heterocycles. The van der Waals surface area contributed by atoms with Crippen LogP contribution in [0.2, 0.25) is 11.1 Å². The summed E-state index contributed by atoms with van der Waals surface area (Å²) in [5, 5.41) is 0. The monoisotopic (exact) mass is 764 g/mol. The number of fused-ring (bicyclic) bond motifs is 6. The summed E-state index contributed by atoms with van der Waals surface area (Å²) >= 11 is 0. The zero-order valence-electron chi connectivity index (χ0n) is 34.5. The average Bonchev–Trinajstić information content (AvgIpc) is 3.99. The molecule has 1 spiro atoms. The molecule has 4 aliphatic carbocycles. The van der Waals surface area contributed by atoms with Gasteiger partial charge in [-0.3, -0.25) is 0 Å². The summed E-state index contributed by atoms with van der Waals surface area (Å²) in [4.78, 5) is 10.3. The molecule has 2 heterocycles. The van der Waals surface area contributed by atoms with E-state index in [4.69, 9.17) is 27.7 Å². The van der Waals surface area contributed by atoms with Crippen molar-refractivity contribution in [2.75, 3.05) is 0 Å². The predicted octanol–water partition coefficient (Wildman–Crippen LogP) is 12.5. The van der Waals surface area contributed by atoms with E-state index in [-0.39, 0.29) is 16.2 Å². The van der Waals surface area contributed by atoms with E-state index in [1.807, 2.05) is 0 Å². The van der Waals surface area contributed by atoms with Gasteiger partial charge in [0.05, 0.1) is 11.4 Å². The van der Waals surface area contributed by atoms with E-state index in [1.54, 1.807) is 0 Å². The molecule has 10 rings (SSSR count). The molecule has 2 fully saturated rings. The van der Waals surface area contributed by atoms with Crippen molar-refractivity contribution in [3.8, 4) is 11.5 Å². The molecule has 6 nitrogen and oxygen atoms in total. The lowest BCUT2D eigenvalue weighted by Crippen LogP contribution is -2.52. The normalized spacial score (nSPS) is 23.9. The van der Waals surface area contributed by atoms with Gasteiger partial charge in [-0.1, -0.05) is 89.8 Å². The highest BCUT2D eigenvalue weighted by Gasteiger charge is 2.62. The van der Waals surface area contributed by atoms with Crippen molar-refractivity contribution >= 4 is 31.1 Å². The fraction of sp³-hybridized carbons (Fsp3) is 0.469. The Morgan fingerprint density at radius 3 is 1.36 bits per heavy atom. The van der Waals surface area contributed by atoms with Crippen molar-refractivity contribution in [1.29, 1.82) is 0 Å². The zero-order chi connectivity index (χ0) is 38.8. The topological polar surface area (TPSA) is 69.5 Å². The van der Waals surface area contributed by atoms with Gasteiger partial charge in [0.15, 0.2) is 11.2 Å². The molecular formula is C49H56N2O4Si. The van der Waals surface area contributed by atoms with E-state index in [0.29, 0.717) is 33.4 Å². The number of rotatable bonds is 4. The Hall–Kier alpha value is -4.36. The van der Waals surface area contributed by atoms with Crippen molar-refractivity contribution in [3.63, 3.8) is 0 Å². The molecule has 0 bridgehead atoms. The van der Waals surface area contributed by atoms with Crippen molar-refractivity contribution in [1.82, 2.24) is 0 Å². The molecule has 290 valence electrons. The highest BCUT2D eigenvalue weighted by Crippen LogP contribution is 2.65. The van der Waals surface area contributed by atoms with E-state index >= 15 is 0 Å². The van der Waals surface area contributed by atoms with Crippen LogP contribution in [-0.4, -0.2) is 8.56 Å². The first kappa shape index (κ1) is 36.0. The first-order valence-electron chi connectivity index (χ1n) is 21.2. The molecule has 0 radical (unpaired) electrons. The largest absolute Gasteiger partial charge is 0.508 e. The standard InChI is InChI=1S/C49H56N2O4Si/c1-29-15-13-16-30(2)43(29)50-45-46(51-44-31(3)17-14-18-32(44)4)53-40-25-37-35(23-39(40)52-45)47(5,6)27-49(37)28-48(7,8)36-24-41-42(26-38(36)49)55-56(54-41,33-19-9-10-20-33)34-21-11-12-22-34/h13-18,23-26,33-34H,9-12,19-22,27-28H2,1-8H3/t49-/m0/s1. The summed E-state index contributed by atoms with van der Waals surface area (Å²) in [5.74, 6) is 2.02. The van der Waals surface area contributed by atoms with Crippen molar-refractivity contribution in [2.24, 2.45) is 9.98 Å². The molecule has 2 saturated carbocycles. The van der Waals surface area contributed by atoms with E-state index < -0.39 is 8.56 Å². The zero-order valence-corrected chi connectivity index (χ0v) is 35.5. The SMILES string of the molecule is Cc1cccc(C)c1N=c1oc2cc3c(cc2oc1=Nc1c(C)cccc1C)[C@@]1(CC(C)(C)c2cc4c(cc21)O[Si](C1CCCC1)(C1CCCC1)O4)CC3(C)C. The minimum Gasteiger partial charge on any atom is -0.508 e. The molecule has 7 heteroatoms. The lowest BCUT2D eigenvalue weighted by molar-refractivity contribution is 0.348. The Morgan fingerprint density at radius 2 is 0.911 bits per heavy atom. The van der Waals surface area contributed by atoms with Gasteiger partial charge in [-0.2, -0.15) is 0 Å². The van der Waals surface area contributed by atoms with Crippen molar-refractivity contribution < 1.29 is 17.7 Å². The van der Waals surface area contributed by atoms with Gasteiger partial charge < -0.3 is 17.7 Å². The van der Waals surface area contributed by atoms with Gasteiger partial charge in [0, 0.05) is 16.5 Å².